The Labute approximate surface area is 177 Å². The zero-order valence-corrected chi connectivity index (χ0v) is 17.9. The number of aromatic nitrogens is 1. The van der Waals surface area contributed by atoms with Crippen LogP contribution in [0.25, 0.3) is 10.9 Å². The van der Waals surface area contributed by atoms with Crippen molar-refractivity contribution < 1.29 is 14.3 Å². The molecule has 2 N–H and O–H groups in total. The summed E-state index contributed by atoms with van der Waals surface area (Å²) in [5.74, 6) is -0.678. The second kappa shape index (κ2) is 8.00. The van der Waals surface area contributed by atoms with Crippen molar-refractivity contribution in [2.24, 2.45) is 0 Å². The number of amides is 1. The number of hydrogen-bond acceptors (Lipinski definition) is 4. The number of halogens is 1. The zero-order valence-electron chi connectivity index (χ0n) is 16.3. The summed E-state index contributed by atoms with van der Waals surface area (Å²) < 4.78 is 5.75. The lowest BCUT2D eigenvalue weighted by Gasteiger charge is -2.32. The van der Waals surface area contributed by atoms with E-state index in [0.717, 1.165) is 34.9 Å². The van der Waals surface area contributed by atoms with Crippen molar-refractivity contribution in [3.63, 3.8) is 0 Å². The van der Waals surface area contributed by atoms with Gasteiger partial charge in [0.1, 0.15) is 5.69 Å². The van der Waals surface area contributed by atoms with E-state index in [1.54, 1.807) is 0 Å². The van der Waals surface area contributed by atoms with Crippen LogP contribution in [0, 0.1) is 0 Å². The molecule has 7 heteroatoms. The molecule has 2 heterocycles. The number of rotatable bonds is 4. The normalized spacial score (nSPS) is 15.0. The monoisotopic (exact) mass is 455 g/mol. The number of fused-ring (bicyclic) bond motifs is 2. The Morgan fingerprint density at radius 2 is 1.97 bits per heavy atom. The Morgan fingerprint density at radius 3 is 2.72 bits per heavy atom. The van der Waals surface area contributed by atoms with Gasteiger partial charge in [-0.05, 0) is 42.7 Å². The number of methoxy groups -OCH3 is 1. The molecule has 2 aromatic carbocycles. The first-order valence-corrected chi connectivity index (χ1v) is 10.3. The highest BCUT2D eigenvalue weighted by Crippen LogP contribution is 2.31. The van der Waals surface area contributed by atoms with Crippen LogP contribution in [0.3, 0.4) is 0 Å². The molecule has 1 aliphatic rings. The Balaban J connectivity index is 1.60. The summed E-state index contributed by atoms with van der Waals surface area (Å²) in [4.78, 5) is 30.5. The fourth-order valence-corrected chi connectivity index (χ4v) is 4.15. The minimum absolute atomic E-state index is 0.157. The first kappa shape index (κ1) is 19.7. The standard InChI is InChI=1S/C22H22BrN3O3/c1-13(26-10-9-14-5-3-4-6-15(14)12-26)21(27)25-19-17-11-16(23)7-8-18(17)24-20(19)22(28)29-2/h3-8,11,13,24H,9-10,12H2,1-2H3,(H,25,27)/t13-/m0/s1. The molecular formula is C22H22BrN3O3. The molecule has 1 amide bonds. The van der Waals surface area contributed by atoms with Gasteiger partial charge in [0.05, 0.1) is 18.8 Å². The van der Waals surface area contributed by atoms with E-state index in [1.165, 1.54) is 18.2 Å². The maximum atomic E-state index is 13.1. The molecule has 150 valence electrons. The van der Waals surface area contributed by atoms with Crippen molar-refractivity contribution in [2.75, 3.05) is 19.0 Å². The van der Waals surface area contributed by atoms with Crippen molar-refractivity contribution in [1.82, 2.24) is 9.88 Å². The lowest BCUT2D eigenvalue weighted by atomic mass is 9.98. The SMILES string of the molecule is COC(=O)c1[nH]c2ccc(Br)cc2c1NC(=O)[C@H](C)N1CCc2ccccc2C1. The second-order valence-electron chi connectivity index (χ2n) is 7.21. The van der Waals surface area contributed by atoms with Crippen LogP contribution in [0.15, 0.2) is 46.9 Å². The molecule has 0 fully saturated rings. The van der Waals surface area contributed by atoms with Crippen LogP contribution in [-0.2, 0) is 22.5 Å². The average molecular weight is 456 g/mol. The molecule has 0 unspecified atom stereocenters. The Kier molecular flexibility index (Phi) is 5.43. The number of aromatic amines is 1. The predicted octanol–water partition coefficient (Wildman–Crippen LogP) is 4.10. The van der Waals surface area contributed by atoms with Gasteiger partial charge >= 0.3 is 5.97 Å². The van der Waals surface area contributed by atoms with Gasteiger partial charge in [-0.2, -0.15) is 0 Å². The summed E-state index contributed by atoms with van der Waals surface area (Å²) in [6.45, 7) is 3.44. The number of esters is 1. The molecule has 1 aliphatic heterocycles. The van der Waals surface area contributed by atoms with Gasteiger partial charge in [-0.3, -0.25) is 9.69 Å². The van der Waals surface area contributed by atoms with Crippen LogP contribution in [0.4, 0.5) is 5.69 Å². The van der Waals surface area contributed by atoms with Gasteiger partial charge in [0.2, 0.25) is 5.91 Å². The highest BCUT2D eigenvalue weighted by molar-refractivity contribution is 9.10. The summed E-state index contributed by atoms with van der Waals surface area (Å²) in [7, 11) is 1.32. The summed E-state index contributed by atoms with van der Waals surface area (Å²) >= 11 is 3.45. The Morgan fingerprint density at radius 1 is 1.21 bits per heavy atom. The molecule has 1 atom stereocenters. The third kappa shape index (κ3) is 3.80. The quantitative estimate of drug-likeness (QED) is 0.580. The summed E-state index contributed by atoms with van der Waals surface area (Å²) in [5, 5.41) is 3.72. The lowest BCUT2D eigenvalue weighted by molar-refractivity contribution is -0.121. The van der Waals surface area contributed by atoms with Crippen LogP contribution in [0.5, 0.6) is 0 Å². The van der Waals surface area contributed by atoms with Gasteiger partial charge in [0.15, 0.2) is 0 Å². The first-order chi connectivity index (χ1) is 14.0. The molecule has 0 spiro atoms. The molecule has 0 saturated heterocycles. The third-order valence-electron chi connectivity index (χ3n) is 5.49. The van der Waals surface area contributed by atoms with Gasteiger partial charge in [0, 0.05) is 28.5 Å². The third-order valence-corrected chi connectivity index (χ3v) is 5.98. The van der Waals surface area contributed by atoms with E-state index in [4.69, 9.17) is 4.74 Å². The number of H-pyrrole nitrogens is 1. The average Bonchev–Trinajstić information content (AvgIpc) is 3.09. The predicted molar refractivity (Wildman–Crippen MR) is 116 cm³/mol. The molecule has 1 aromatic heterocycles. The Hall–Kier alpha value is -2.64. The van der Waals surface area contributed by atoms with E-state index in [-0.39, 0.29) is 17.6 Å². The molecular weight excluding hydrogens is 434 g/mol. The van der Waals surface area contributed by atoms with E-state index in [9.17, 15) is 9.59 Å². The van der Waals surface area contributed by atoms with Crippen molar-refractivity contribution >= 4 is 44.4 Å². The number of benzene rings is 2. The van der Waals surface area contributed by atoms with E-state index >= 15 is 0 Å². The first-order valence-electron chi connectivity index (χ1n) is 9.49. The van der Waals surface area contributed by atoms with Crippen molar-refractivity contribution in [1.29, 1.82) is 0 Å². The number of nitrogens with zero attached hydrogens (tertiary/aromatic N) is 1. The number of anilines is 1. The topological polar surface area (TPSA) is 74.4 Å². The van der Waals surface area contributed by atoms with Gasteiger partial charge < -0.3 is 15.0 Å². The number of carbonyl (C=O) groups is 2. The van der Waals surface area contributed by atoms with Crippen molar-refractivity contribution in [3.05, 3.63) is 63.8 Å². The maximum Gasteiger partial charge on any atom is 0.356 e. The van der Waals surface area contributed by atoms with Crippen molar-refractivity contribution in [3.8, 4) is 0 Å². The number of hydrogen-bond donors (Lipinski definition) is 2. The number of ether oxygens (including phenoxy) is 1. The minimum atomic E-state index is -0.521. The summed E-state index contributed by atoms with van der Waals surface area (Å²) in [5.41, 5.74) is 4.03. The van der Waals surface area contributed by atoms with Gasteiger partial charge in [-0.1, -0.05) is 40.2 Å². The molecule has 3 aromatic rings. The smallest absolute Gasteiger partial charge is 0.356 e. The van der Waals surface area contributed by atoms with Gasteiger partial charge in [0.25, 0.3) is 0 Å². The van der Waals surface area contributed by atoms with Crippen LogP contribution < -0.4 is 5.32 Å². The molecule has 0 bridgehead atoms. The fourth-order valence-electron chi connectivity index (χ4n) is 3.79. The molecule has 0 saturated carbocycles. The van der Waals surface area contributed by atoms with E-state index in [2.05, 4.69) is 43.3 Å². The second-order valence-corrected chi connectivity index (χ2v) is 8.13. The molecule has 0 aliphatic carbocycles. The molecule has 29 heavy (non-hydrogen) atoms. The highest BCUT2D eigenvalue weighted by Gasteiger charge is 2.27. The highest BCUT2D eigenvalue weighted by atomic mass is 79.9. The summed E-state index contributed by atoms with van der Waals surface area (Å²) in [6.07, 6.45) is 0.918. The van der Waals surface area contributed by atoms with E-state index < -0.39 is 5.97 Å². The van der Waals surface area contributed by atoms with Gasteiger partial charge in [-0.15, -0.1) is 0 Å². The largest absolute Gasteiger partial charge is 0.464 e. The number of carbonyl (C=O) groups excluding carboxylic acids is 2. The molecule has 4 rings (SSSR count). The van der Waals surface area contributed by atoms with Crippen LogP contribution >= 0.6 is 15.9 Å². The van der Waals surface area contributed by atoms with Crippen molar-refractivity contribution in [2.45, 2.75) is 25.9 Å². The molecule has 0 radical (unpaired) electrons. The number of nitrogens with one attached hydrogen (secondary N) is 2. The van der Waals surface area contributed by atoms with E-state index in [1.807, 2.05) is 37.3 Å². The zero-order chi connectivity index (χ0) is 20.5. The van der Waals surface area contributed by atoms with E-state index in [0.29, 0.717) is 5.69 Å². The lowest BCUT2D eigenvalue weighted by Crippen LogP contribution is -2.44. The van der Waals surface area contributed by atoms with Crippen LogP contribution in [0.2, 0.25) is 0 Å². The van der Waals surface area contributed by atoms with Gasteiger partial charge in [-0.25, -0.2) is 4.79 Å². The Bertz CT molecular complexity index is 1090. The fraction of sp³-hybridized carbons (Fsp3) is 0.273. The minimum Gasteiger partial charge on any atom is -0.464 e. The maximum absolute atomic E-state index is 13.1. The summed E-state index contributed by atoms with van der Waals surface area (Å²) in [6, 6.07) is 13.6. The van der Waals surface area contributed by atoms with Crippen LogP contribution in [0.1, 0.15) is 28.5 Å². The van der Waals surface area contributed by atoms with Crippen LogP contribution in [-0.4, -0.2) is 41.5 Å². The molecule has 6 nitrogen and oxygen atoms in total.